The largest absolute Gasteiger partial charge is 0.481 e. The van der Waals surface area contributed by atoms with Crippen LogP contribution >= 0.6 is 0 Å². The van der Waals surface area contributed by atoms with Gasteiger partial charge in [0.05, 0.1) is 11.8 Å². The van der Waals surface area contributed by atoms with Gasteiger partial charge in [0.2, 0.25) is 0 Å². The zero-order valence-electron chi connectivity index (χ0n) is 37.9. The number of esters is 2. The predicted molar refractivity (Wildman–Crippen MR) is 227 cm³/mol. The van der Waals surface area contributed by atoms with E-state index in [1.54, 1.807) is 13.8 Å². The van der Waals surface area contributed by atoms with Gasteiger partial charge in [-0.15, -0.1) is 0 Å². The molecule has 9 atom stereocenters. The fourth-order valence-electron chi connectivity index (χ4n) is 13.6. The molecule has 1 aromatic carbocycles. The number of hydrogen-bond acceptors (Lipinski definition) is 8. The second kappa shape index (κ2) is 16.6. The van der Waals surface area contributed by atoms with Crippen LogP contribution in [-0.2, 0) is 35.2 Å². The maximum Gasteiger partial charge on any atom is 0.309 e. The van der Waals surface area contributed by atoms with E-state index in [-0.39, 0.29) is 58.2 Å². The molecule has 10 heteroatoms. The average molecular weight is 821 g/mol. The first-order valence-corrected chi connectivity index (χ1v) is 22.5. The summed E-state index contributed by atoms with van der Waals surface area (Å²) in [5.74, 6) is -0.293. The van der Waals surface area contributed by atoms with Crippen LogP contribution < -0.4 is 0 Å². The van der Waals surface area contributed by atoms with Crippen LogP contribution in [0.25, 0.3) is 0 Å². The Morgan fingerprint density at radius 3 is 2.17 bits per heavy atom. The summed E-state index contributed by atoms with van der Waals surface area (Å²) in [4.78, 5) is 57.0. The lowest BCUT2D eigenvalue weighted by molar-refractivity contribution is -0.206. The molecule has 0 saturated heterocycles. The highest BCUT2D eigenvalue weighted by molar-refractivity contribution is 6.01. The molecule has 0 amide bonds. The number of ketones is 1. The number of carbonyl (C=O) groups is 4. The molecule has 3 unspecified atom stereocenters. The second-order valence-electron chi connectivity index (χ2n) is 21.7. The van der Waals surface area contributed by atoms with Gasteiger partial charge in [0, 0.05) is 50.4 Å². The highest BCUT2D eigenvalue weighted by Crippen LogP contribution is 2.73. The number of aliphatic carboxylic acids is 1. The van der Waals surface area contributed by atoms with Gasteiger partial charge in [0.1, 0.15) is 18.0 Å². The quantitative estimate of drug-likeness (QED) is 0.184. The Morgan fingerprint density at radius 1 is 0.915 bits per heavy atom. The first-order chi connectivity index (χ1) is 27.5. The molecule has 0 bridgehead atoms. The topological polar surface area (TPSA) is 113 Å². The third-order valence-electron chi connectivity index (χ3n) is 16.6. The molecule has 5 aliphatic rings. The Kier molecular flexibility index (Phi) is 12.8. The average Bonchev–Trinajstić information content (AvgIpc) is 3.45. The van der Waals surface area contributed by atoms with Crippen molar-refractivity contribution in [2.75, 3.05) is 33.7 Å². The van der Waals surface area contributed by atoms with E-state index < -0.39 is 28.9 Å². The standard InChI is InChI=1S/C49H73FN2O7/c1-30(2)42-37(54)26-49(40(58-31(3)53)29-52(25-24-51(10)11)28-32-12-14-33(50)15-13-32)23-22-47(8)34-18-19-38-46(6,7)39(59-41(55)27-45(4,5)44(56)57)20-21-48(38,9)35(34)16-17-36(47)43(42)49/h12-15,30,34-36,38-40H,16-29H2,1-11H3,(H,56,57)/t34-,35?,36-,38?,39+,40-,47+,48-,49?/m1/s1. The van der Waals surface area contributed by atoms with Crippen LogP contribution in [0, 0.1) is 62.5 Å². The van der Waals surface area contributed by atoms with Gasteiger partial charge in [-0.25, -0.2) is 4.39 Å². The second-order valence-corrected chi connectivity index (χ2v) is 21.7. The van der Waals surface area contributed by atoms with E-state index in [4.69, 9.17) is 9.47 Å². The molecule has 4 fully saturated rings. The summed E-state index contributed by atoms with van der Waals surface area (Å²) in [5.41, 5.74) is 1.20. The third-order valence-corrected chi connectivity index (χ3v) is 16.6. The fourth-order valence-corrected chi connectivity index (χ4v) is 13.6. The molecule has 9 nitrogen and oxygen atoms in total. The lowest BCUT2D eigenvalue weighted by Crippen LogP contribution is -2.62. The van der Waals surface area contributed by atoms with Crippen LogP contribution in [0.15, 0.2) is 35.4 Å². The van der Waals surface area contributed by atoms with Crippen molar-refractivity contribution in [1.29, 1.82) is 0 Å². The monoisotopic (exact) mass is 821 g/mol. The molecular weight excluding hydrogens is 748 g/mol. The highest BCUT2D eigenvalue weighted by atomic mass is 19.1. The van der Waals surface area contributed by atoms with Crippen LogP contribution in [0.3, 0.4) is 0 Å². The molecule has 0 spiro atoms. The summed E-state index contributed by atoms with van der Waals surface area (Å²) in [6.45, 7) is 21.0. The van der Waals surface area contributed by atoms with Crippen molar-refractivity contribution in [3.8, 4) is 0 Å². The van der Waals surface area contributed by atoms with Crippen LogP contribution in [0.5, 0.6) is 0 Å². The summed E-state index contributed by atoms with van der Waals surface area (Å²) in [5, 5.41) is 9.65. The smallest absolute Gasteiger partial charge is 0.309 e. The Labute approximate surface area is 353 Å². The van der Waals surface area contributed by atoms with Gasteiger partial charge in [-0.2, -0.15) is 0 Å². The van der Waals surface area contributed by atoms with E-state index in [1.807, 2.05) is 26.2 Å². The molecule has 0 aliphatic heterocycles. The number of nitrogens with zero attached hydrogens (tertiary/aromatic N) is 2. The van der Waals surface area contributed by atoms with Crippen LogP contribution in [-0.4, -0.2) is 84.5 Å². The van der Waals surface area contributed by atoms with Crippen LogP contribution in [0.2, 0.25) is 0 Å². The number of likely N-dealkylation sites (N-methyl/N-ethyl adjacent to an activating group) is 1. The minimum atomic E-state index is -1.18. The van der Waals surface area contributed by atoms with E-state index in [0.717, 1.165) is 75.6 Å². The minimum Gasteiger partial charge on any atom is -0.481 e. The van der Waals surface area contributed by atoms with E-state index in [9.17, 15) is 28.7 Å². The van der Waals surface area contributed by atoms with Crippen molar-refractivity contribution in [3.63, 3.8) is 0 Å². The third kappa shape index (κ3) is 8.44. The maximum absolute atomic E-state index is 14.5. The number of carbonyl (C=O) groups excluding carboxylic acids is 3. The van der Waals surface area contributed by atoms with Crippen LogP contribution in [0.1, 0.15) is 132 Å². The summed E-state index contributed by atoms with van der Waals surface area (Å²) in [6, 6.07) is 6.63. The Balaban J connectivity index is 1.31. The number of carboxylic acid groups (broad SMARTS) is 1. The van der Waals surface area contributed by atoms with Crippen molar-refractivity contribution in [2.45, 2.75) is 145 Å². The lowest BCUT2D eigenvalue weighted by atomic mass is 9.37. The zero-order chi connectivity index (χ0) is 43.5. The SMILES string of the molecule is CC(=O)O[C@H](CN(CCN(C)C)Cc1ccc(F)cc1)C12CC[C@]3(C)[C@H](CCC4[C@H]3CCC3C(C)(C)[C@@H](OC(=O)CC(C)(C)C(=O)O)CC[C@]43C)C1=C(C(C)C)C(=O)C2. The fraction of sp³-hybridized carbons (Fsp3) is 0.755. The minimum absolute atomic E-state index is 0.0319. The number of Topliss-reactive ketones (excluding diaryl/α,β-unsaturated/α-hetero) is 1. The molecule has 5 aliphatic carbocycles. The molecule has 1 aromatic rings. The first-order valence-electron chi connectivity index (χ1n) is 22.5. The number of hydrogen-bond donors (Lipinski definition) is 1. The lowest BCUT2D eigenvalue weighted by Gasteiger charge is -2.68. The molecule has 59 heavy (non-hydrogen) atoms. The maximum atomic E-state index is 14.5. The first kappa shape index (κ1) is 45.4. The van der Waals surface area contributed by atoms with Crippen molar-refractivity contribution < 1.29 is 38.1 Å². The summed E-state index contributed by atoms with van der Waals surface area (Å²) in [7, 11) is 4.09. The Hall–Kier alpha value is -3.11. The van der Waals surface area contributed by atoms with Crippen molar-refractivity contribution in [3.05, 3.63) is 46.8 Å². The summed E-state index contributed by atoms with van der Waals surface area (Å²) in [6.07, 6.45) is 7.04. The molecule has 1 N–H and O–H groups in total. The highest BCUT2D eigenvalue weighted by Gasteiger charge is 2.67. The molecule has 328 valence electrons. The van der Waals surface area contributed by atoms with Crippen molar-refractivity contribution in [2.24, 2.45) is 56.7 Å². The molecular formula is C49H73FN2O7. The van der Waals surface area contributed by atoms with Gasteiger partial charge in [-0.1, -0.05) is 53.7 Å². The van der Waals surface area contributed by atoms with Gasteiger partial charge >= 0.3 is 17.9 Å². The molecule has 0 radical (unpaired) electrons. The van der Waals surface area contributed by atoms with E-state index in [0.29, 0.717) is 37.3 Å². The van der Waals surface area contributed by atoms with Gasteiger partial charge in [0.15, 0.2) is 5.78 Å². The number of benzene rings is 1. The number of allylic oxidation sites excluding steroid dienone is 1. The summed E-state index contributed by atoms with van der Waals surface area (Å²) < 4.78 is 26.6. The molecule has 0 heterocycles. The van der Waals surface area contributed by atoms with Gasteiger partial charge in [0.25, 0.3) is 0 Å². The van der Waals surface area contributed by atoms with Crippen molar-refractivity contribution >= 4 is 23.7 Å². The van der Waals surface area contributed by atoms with E-state index >= 15 is 0 Å². The van der Waals surface area contributed by atoms with Gasteiger partial charge in [-0.05, 0) is 149 Å². The Bertz CT molecular complexity index is 1800. The van der Waals surface area contributed by atoms with E-state index in [2.05, 4.69) is 51.3 Å². The molecule has 0 aromatic heterocycles. The van der Waals surface area contributed by atoms with E-state index in [1.165, 1.54) is 24.6 Å². The zero-order valence-corrected chi connectivity index (χ0v) is 37.9. The summed E-state index contributed by atoms with van der Waals surface area (Å²) >= 11 is 0. The number of fused-ring (bicyclic) bond motifs is 7. The molecule has 4 saturated carbocycles. The molecule has 6 rings (SSSR count). The number of ether oxygens (including phenoxy) is 2. The predicted octanol–water partition coefficient (Wildman–Crippen LogP) is 9.12. The van der Waals surface area contributed by atoms with Crippen LogP contribution in [0.4, 0.5) is 4.39 Å². The van der Waals surface area contributed by atoms with Gasteiger partial charge < -0.3 is 19.5 Å². The number of rotatable bonds is 14. The number of carboxylic acids is 1. The number of halogens is 1. The van der Waals surface area contributed by atoms with Gasteiger partial charge in [-0.3, -0.25) is 24.1 Å². The Morgan fingerprint density at radius 2 is 1.56 bits per heavy atom. The normalized spacial score (nSPS) is 33.3. The van der Waals surface area contributed by atoms with Crippen molar-refractivity contribution in [1.82, 2.24) is 9.80 Å².